The van der Waals surface area contributed by atoms with Crippen molar-refractivity contribution in [3.8, 4) is 0 Å². The molecule has 0 spiro atoms. The Morgan fingerprint density at radius 2 is 1.71 bits per heavy atom. The van der Waals surface area contributed by atoms with E-state index in [1.54, 1.807) is 0 Å². The van der Waals surface area contributed by atoms with E-state index >= 15 is 0 Å². The molecule has 3 aliphatic rings. The molecule has 1 aromatic heterocycles. The third kappa shape index (κ3) is 4.81. The maximum absolute atomic E-state index is 13.8. The number of carbonyl (C=O) groups is 3. The Balaban J connectivity index is 1.43. The van der Waals surface area contributed by atoms with Gasteiger partial charge >= 0.3 is 5.97 Å². The highest BCUT2D eigenvalue weighted by molar-refractivity contribution is 7.17. The Labute approximate surface area is 228 Å². The number of aliphatic carboxylic acids is 1. The van der Waals surface area contributed by atoms with Gasteiger partial charge in [0.2, 0.25) is 5.91 Å². The number of nitrogens with one attached hydrogen (secondary N) is 2. The Kier molecular flexibility index (Phi) is 7.49. The molecule has 7 heteroatoms. The Bertz CT molecular complexity index is 1290. The molecule has 2 fully saturated rings. The van der Waals surface area contributed by atoms with Crippen molar-refractivity contribution < 1.29 is 19.5 Å². The van der Waals surface area contributed by atoms with E-state index in [4.69, 9.17) is 0 Å². The van der Waals surface area contributed by atoms with Crippen molar-refractivity contribution >= 4 is 34.1 Å². The highest BCUT2D eigenvalue weighted by Gasteiger charge is 2.57. The second-order valence-corrected chi connectivity index (χ2v) is 12.6. The van der Waals surface area contributed by atoms with Gasteiger partial charge in [0.05, 0.1) is 17.4 Å². The third-order valence-electron chi connectivity index (χ3n) is 8.99. The normalized spacial score (nSPS) is 25.7. The molecule has 2 bridgehead atoms. The summed E-state index contributed by atoms with van der Waals surface area (Å²) in [5.74, 6) is -2.19. The first-order valence-corrected chi connectivity index (χ1v) is 14.7. The first kappa shape index (κ1) is 26.7. The highest BCUT2D eigenvalue weighted by atomic mass is 32.1. The predicted octanol–water partition coefficient (Wildman–Crippen LogP) is 6.13. The van der Waals surface area contributed by atoms with Gasteiger partial charge in [0.25, 0.3) is 5.91 Å². The number of carbonyl (C=O) groups excluding carboxylic acids is 2. The minimum Gasteiger partial charge on any atom is -0.481 e. The van der Waals surface area contributed by atoms with Crippen LogP contribution in [0.2, 0.25) is 0 Å². The molecule has 3 aliphatic carbocycles. The van der Waals surface area contributed by atoms with Gasteiger partial charge in [-0.15, -0.1) is 11.3 Å². The minimum atomic E-state index is -0.900. The fraction of sp³-hybridized carbons (Fsp3) is 0.516. The lowest BCUT2D eigenvalue weighted by atomic mass is 9.78. The molecule has 1 aromatic carbocycles. The summed E-state index contributed by atoms with van der Waals surface area (Å²) in [5.41, 5.74) is 6.09. The van der Waals surface area contributed by atoms with Crippen molar-refractivity contribution in [3.05, 3.63) is 62.5 Å². The van der Waals surface area contributed by atoms with Crippen molar-refractivity contribution in [1.29, 1.82) is 0 Å². The standard InChI is InChI=1S/C31H38N2O4S/c1-5-18-10-11-20-23(14-18)38-30(27(20)28(34)32-15-19-8-6-17(4)7-9-19)33-29(35)25-21-12-13-22(24(21)16(2)3)26(25)31(36)37/h6-9,18,21-22,25-26H,5,10-15H2,1-4H3,(H,32,34)(H,33,35)(H,36,37)/t18-,21+,22+,25+,26-/m0/s1. The second-order valence-electron chi connectivity index (χ2n) is 11.5. The molecule has 202 valence electrons. The van der Waals surface area contributed by atoms with Crippen LogP contribution in [0, 0.1) is 36.5 Å². The Hall–Kier alpha value is -2.93. The molecule has 1 heterocycles. The maximum Gasteiger partial charge on any atom is 0.307 e. The summed E-state index contributed by atoms with van der Waals surface area (Å²) in [5, 5.41) is 16.8. The van der Waals surface area contributed by atoms with Crippen molar-refractivity contribution in [2.24, 2.45) is 29.6 Å². The average molecular weight is 535 g/mol. The Morgan fingerprint density at radius 1 is 1.03 bits per heavy atom. The number of carboxylic acids is 1. The molecule has 0 unspecified atom stereocenters. The summed E-state index contributed by atoms with van der Waals surface area (Å²) in [6.45, 7) is 8.68. The van der Waals surface area contributed by atoms with Gasteiger partial charge in [-0.2, -0.15) is 0 Å². The van der Waals surface area contributed by atoms with Crippen LogP contribution in [0.25, 0.3) is 0 Å². The van der Waals surface area contributed by atoms with Gasteiger partial charge in [0, 0.05) is 11.4 Å². The molecule has 5 atom stereocenters. The number of hydrogen-bond acceptors (Lipinski definition) is 4. The van der Waals surface area contributed by atoms with E-state index in [1.807, 2.05) is 45.0 Å². The van der Waals surface area contributed by atoms with Crippen LogP contribution in [-0.2, 0) is 29.0 Å². The van der Waals surface area contributed by atoms with E-state index in [0.29, 0.717) is 23.0 Å². The van der Waals surface area contributed by atoms with Gasteiger partial charge in [-0.25, -0.2) is 0 Å². The lowest BCUT2D eigenvalue weighted by Gasteiger charge is -2.26. The summed E-state index contributed by atoms with van der Waals surface area (Å²) in [4.78, 5) is 40.8. The van der Waals surface area contributed by atoms with E-state index in [2.05, 4.69) is 17.6 Å². The van der Waals surface area contributed by atoms with Crippen molar-refractivity contribution in [3.63, 3.8) is 0 Å². The summed E-state index contributed by atoms with van der Waals surface area (Å²) in [7, 11) is 0. The molecule has 38 heavy (non-hydrogen) atoms. The maximum atomic E-state index is 13.8. The van der Waals surface area contributed by atoms with Crippen molar-refractivity contribution in [2.45, 2.75) is 72.8 Å². The predicted molar refractivity (Wildman–Crippen MR) is 150 cm³/mol. The zero-order valence-corrected chi connectivity index (χ0v) is 23.5. The lowest BCUT2D eigenvalue weighted by molar-refractivity contribution is -0.148. The molecule has 0 saturated heterocycles. The lowest BCUT2D eigenvalue weighted by Crippen LogP contribution is -2.38. The van der Waals surface area contributed by atoms with E-state index < -0.39 is 17.8 Å². The number of thiophene rings is 1. The van der Waals surface area contributed by atoms with Gasteiger partial charge in [0.15, 0.2) is 0 Å². The molecule has 0 aliphatic heterocycles. The van der Waals surface area contributed by atoms with Gasteiger partial charge in [-0.05, 0) is 81.8 Å². The number of fused-ring (bicyclic) bond motifs is 3. The van der Waals surface area contributed by atoms with Crippen LogP contribution in [0.4, 0.5) is 5.00 Å². The number of carboxylic acid groups (broad SMARTS) is 1. The summed E-state index contributed by atoms with van der Waals surface area (Å²) in [6, 6.07) is 8.07. The molecule has 6 nitrogen and oxygen atoms in total. The SMILES string of the molecule is CC[C@H]1CCc2c(sc(NC(=O)[C@H]3[C@@H](C(=O)O)[C@@H]4CC[C@@H]3C4=C(C)C)c2C(=O)NCc2ccc(C)cc2)C1. The fourth-order valence-electron chi connectivity index (χ4n) is 7.11. The average Bonchev–Trinajstić information content (AvgIpc) is 3.57. The smallest absolute Gasteiger partial charge is 0.307 e. The van der Waals surface area contributed by atoms with Gasteiger partial charge in [-0.3, -0.25) is 14.4 Å². The summed E-state index contributed by atoms with van der Waals surface area (Å²) >= 11 is 1.50. The molecular weight excluding hydrogens is 496 g/mol. The Morgan fingerprint density at radius 3 is 2.34 bits per heavy atom. The quantitative estimate of drug-likeness (QED) is 0.372. The molecular formula is C31H38N2O4S. The van der Waals surface area contributed by atoms with Crippen LogP contribution in [0.1, 0.15) is 78.4 Å². The number of anilines is 1. The zero-order valence-electron chi connectivity index (χ0n) is 22.7. The van der Waals surface area contributed by atoms with Crippen molar-refractivity contribution in [2.75, 3.05) is 5.32 Å². The molecule has 2 amide bonds. The van der Waals surface area contributed by atoms with Crippen LogP contribution in [0.3, 0.4) is 0 Å². The fourth-order valence-corrected chi connectivity index (χ4v) is 8.47. The summed E-state index contributed by atoms with van der Waals surface area (Å²) in [6.07, 6.45) is 5.52. The van der Waals surface area contributed by atoms with E-state index in [1.165, 1.54) is 21.8 Å². The first-order valence-electron chi connectivity index (χ1n) is 13.9. The van der Waals surface area contributed by atoms with Crippen LogP contribution in [0.5, 0.6) is 0 Å². The number of rotatable bonds is 7. The number of hydrogen-bond donors (Lipinski definition) is 3. The van der Waals surface area contributed by atoms with Gasteiger partial charge in [-0.1, -0.05) is 54.3 Å². The van der Waals surface area contributed by atoms with Crippen LogP contribution >= 0.6 is 11.3 Å². The second kappa shape index (κ2) is 10.7. The summed E-state index contributed by atoms with van der Waals surface area (Å²) < 4.78 is 0. The third-order valence-corrected chi connectivity index (χ3v) is 10.2. The number of aryl methyl sites for hydroxylation is 1. The molecule has 5 rings (SSSR count). The highest BCUT2D eigenvalue weighted by Crippen LogP contribution is 2.57. The van der Waals surface area contributed by atoms with E-state index in [0.717, 1.165) is 60.8 Å². The van der Waals surface area contributed by atoms with Crippen LogP contribution in [-0.4, -0.2) is 22.9 Å². The van der Waals surface area contributed by atoms with Crippen LogP contribution < -0.4 is 10.6 Å². The molecule has 0 radical (unpaired) electrons. The van der Waals surface area contributed by atoms with Crippen LogP contribution in [0.15, 0.2) is 35.4 Å². The molecule has 2 saturated carbocycles. The first-order chi connectivity index (χ1) is 18.2. The largest absolute Gasteiger partial charge is 0.481 e. The van der Waals surface area contributed by atoms with E-state index in [-0.39, 0.29) is 23.7 Å². The zero-order chi connectivity index (χ0) is 27.1. The number of allylic oxidation sites excluding steroid dienone is 2. The number of amides is 2. The topological polar surface area (TPSA) is 95.5 Å². The molecule has 3 N–H and O–H groups in total. The number of benzene rings is 1. The van der Waals surface area contributed by atoms with Gasteiger partial charge in [0.1, 0.15) is 5.00 Å². The van der Waals surface area contributed by atoms with E-state index in [9.17, 15) is 19.5 Å². The van der Waals surface area contributed by atoms with Crippen molar-refractivity contribution in [1.82, 2.24) is 5.32 Å². The van der Waals surface area contributed by atoms with Gasteiger partial charge < -0.3 is 15.7 Å². The minimum absolute atomic E-state index is 0.0380. The molecule has 2 aromatic rings. The monoisotopic (exact) mass is 534 g/mol.